The van der Waals surface area contributed by atoms with E-state index in [0.717, 1.165) is 5.56 Å². The average Bonchev–Trinajstić information content (AvgIpc) is 1.93. The van der Waals surface area contributed by atoms with E-state index in [0.29, 0.717) is 5.02 Å². The zero-order valence-corrected chi connectivity index (χ0v) is 6.62. The van der Waals surface area contributed by atoms with Crippen LogP contribution in [0.3, 0.4) is 0 Å². The molecular weight excluding hydrogens is 162 g/mol. The largest absolute Gasteiger partial charge is 0.456 e. The van der Waals surface area contributed by atoms with Crippen molar-refractivity contribution in [3.8, 4) is 0 Å². The van der Waals surface area contributed by atoms with Crippen molar-refractivity contribution in [2.75, 3.05) is 0 Å². The molecule has 0 spiro atoms. The van der Waals surface area contributed by atoms with E-state index in [1.807, 2.05) is 6.07 Å². The summed E-state index contributed by atoms with van der Waals surface area (Å²) in [5.74, 6) is 0. The second-order valence-electron chi connectivity index (χ2n) is 2.28. The average molecular weight is 170 g/mol. The smallest absolute Gasteiger partial charge is 0.427 e. The molecule has 0 saturated heterocycles. The second kappa shape index (κ2) is 3.76. The van der Waals surface area contributed by atoms with Crippen molar-refractivity contribution < 1.29 is 10.0 Å². The van der Waals surface area contributed by atoms with Crippen LogP contribution in [0.25, 0.3) is 0 Å². The van der Waals surface area contributed by atoms with Crippen LogP contribution in [0.5, 0.6) is 0 Å². The fourth-order valence-corrected chi connectivity index (χ4v) is 1.07. The molecule has 2 N–H and O–H groups in total. The first kappa shape index (κ1) is 8.59. The number of benzene rings is 1. The lowest BCUT2D eigenvalue weighted by Crippen LogP contribution is -2.15. The molecule has 0 saturated carbocycles. The molecule has 1 rings (SSSR count). The molecule has 1 aromatic carbocycles. The van der Waals surface area contributed by atoms with E-state index in [-0.39, 0.29) is 6.32 Å². The van der Waals surface area contributed by atoms with Crippen LogP contribution in [0.4, 0.5) is 0 Å². The molecule has 0 atom stereocenters. The summed E-state index contributed by atoms with van der Waals surface area (Å²) in [5.41, 5.74) is 0.754. The Kier molecular flexibility index (Phi) is 2.94. The number of halogens is 1. The third-order valence-electron chi connectivity index (χ3n) is 1.36. The van der Waals surface area contributed by atoms with Crippen molar-refractivity contribution >= 4 is 18.7 Å². The molecule has 1 aromatic rings. The number of rotatable bonds is 2. The van der Waals surface area contributed by atoms with Gasteiger partial charge in [-0.15, -0.1) is 0 Å². The minimum atomic E-state index is -1.32. The highest BCUT2D eigenvalue weighted by atomic mass is 35.5. The van der Waals surface area contributed by atoms with Crippen LogP contribution < -0.4 is 0 Å². The Morgan fingerprint density at radius 3 is 2.45 bits per heavy atom. The highest BCUT2D eigenvalue weighted by molar-refractivity contribution is 6.41. The van der Waals surface area contributed by atoms with Crippen molar-refractivity contribution in [1.29, 1.82) is 0 Å². The zero-order chi connectivity index (χ0) is 8.27. The van der Waals surface area contributed by atoms with Gasteiger partial charge < -0.3 is 10.0 Å². The summed E-state index contributed by atoms with van der Waals surface area (Å²) >= 11 is 5.75. The molecule has 0 amide bonds. The van der Waals surface area contributed by atoms with Gasteiger partial charge >= 0.3 is 7.12 Å². The third kappa shape index (κ3) is 2.54. The molecule has 11 heavy (non-hydrogen) atoms. The first-order valence-corrected chi connectivity index (χ1v) is 3.67. The van der Waals surface area contributed by atoms with Crippen molar-refractivity contribution in [3.05, 3.63) is 34.9 Å². The van der Waals surface area contributed by atoms with Crippen molar-refractivity contribution in [2.45, 2.75) is 6.32 Å². The molecule has 0 aliphatic carbocycles. The monoisotopic (exact) mass is 170 g/mol. The lowest BCUT2D eigenvalue weighted by Gasteiger charge is -2.01. The maximum absolute atomic E-state index is 8.63. The van der Waals surface area contributed by atoms with Crippen LogP contribution in [-0.4, -0.2) is 17.2 Å². The SMILES string of the molecule is OB(O)Cc1ccccc1Cl. The summed E-state index contributed by atoms with van der Waals surface area (Å²) in [5, 5.41) is 17.8. The highest BCUT2D eigenvalue weighted by Gasteiger charge is 2.09. The number of hydrogen-bond donors (Lipinski definition) is 2. The quantitative estimate of drug-likeness (QED) is 0.647. The molecule has 0 aliphatic rings. The van der Waals surface area contributed by atoms with Gasteiger partial charge in [-0.05, 0) is 11.6 Å². The number of hydrogen-bond acceptors (Lipinski definition) is 2. The van der Waals surface area contributed by atoms with Gasteiger partial charge in [0.1, 0.15) is 0 Å². The Bertz CT molecular complexity index is 240. The van der Waals surface area contributed by atoms with Crippen LogP contribution in [-0.2, 0) is 6.32 Å². The van der Waals surface area contributed by atoms with Crippen LogP contribution in [0.15, 0.2) is 24.3 Å². The Labute approximate surface area is 70.6 Å². The van der Waals surface area contributed by atoms with Gasteiger partial charge in [0.25, 0.3) is 0 Å². The molecule has 4 heteroatoms. The minimum absolute atomic E-state index is 0.180. The Hall–Kier alpha value is -0.505. The van der Waals surface area contributed by atoms with Gasteiger partial charge in [-0.25, -0.2) is 0 Å². The predicted octanol–water partition coefficient (Wildman–Crippen LogP) is 0.894. The summed E-state index contributed by atoms with van der Waals surface area (Å²) in [6.45, 7) is 0. The lowest BCUT2D eigenvalue weighted by atomic mass is 9.82. The molecular formula is C7H8BClO2. The van der Waals surface area contributed by atoms with Gasteiger partial charge in [-0.3, -0.25) is 0 Å². The summed E-state index contributed by atoms with van der Waals surface area (Å²) < 4.78 is 0. The molecule has 0 aliphatic heterocycles. The molecule has 0 fully saturated rings. The second-order valence-corrected chi connectivity index (χ2v) is 2.68. The van der Waals surface area contributed by atoms with E-state index in [9.17, 15) is 0 Å². The fourth-order valence-electron chi connectivity index (χ4n) is 0.861. The maximum atomic E-state index is 8.63. The first-order chi connectivity index (χ1) is 5.20. The van der Waals surface area contributed by atoms with Gasteiger partial charge in [0.15, 0.2) is 0 Å². The fraction of sp³-hybridized carbons (Fsp3) is 0.143. The molecule has 0 unspecified atom stereocenters. The van der Waals surface area contributed by atoms with Gasteiger partial charge in [0.05, 0.1) is 0 Å². The van der Waals surface area contributed by atoms with Crippen LogP contribution in [0, 0.1) is 0 Å². The van der Waals surface area contributed by atoms with Crippen LogP contribution in [0.1, 0.15) is 5.56 Å². The van der Waals surface area contributed by atoms with Crippen molar-refractivity contribution in [1.82, 2.24) is 0 Å². The molecule has 0 heterocycles. The van der Waals surface area contributed by atoms with Gasteiger partial charge in [-0.1, -0.05) is 29.8 Å². The molecule has 2 nitrogen and oxygen atoms in total. The van der Waals surface area contributed by atoms with Crippen LogP contribution in [0.2, 0.25) is 5.02 Å². The van der Waals surface area contributed by atoms with E-state index in [2.05, 4.69) is 0 Å². The van der Waals surface area contributed by atoms with Gasteiger partial charge in [0, 0.05) is 11.3 Å². The topological polar surface area (TPSA) is 40.5 Å². The van der Waals surface area contributed by atoms with Crippen LogP contribution >= 0.6 is 11.6 Å². The summed E-state index contributed by atoms with van der Waals surface area (Å²) in [6.07, 6.45) is 0.180. The van der Waals surface area contributed by atoms with Gasteiger partial charge in [-0.2, -0.15) is 0 Å². The standard InChI is InChI=1S/C7H8BClO2/c9-7-4-2-1-3-6(7)5-8(10)11/h1-4,10-11H,5H2. The summed E-state index contributed by atoms with van der Waals surface area (Å²) in [6, 6.07) is 7.10. The van der Waals surface area contributed by atoms with Crippen molar-refractivity contribution in [2.24, 2.45) is 0 Å². The molecule has 0 bridgehead atoms. The normalized spacial score (nSPS) is 9.73. The highest BCUT2D eigenvalue weighted by Crippen LogP contribution is 2.15. The minimum Gasteiger partial charge on any atom is -0.427 e. The Morgan fingerprint density at radius 1 is 1.27 bits per heavy atom. The predicted molar refractivity (Wildman–Crippen MR) is 45.3 cm³/mol. The maximum Gasteiger partial charge on any atom is 0.456 e. The Balaban J connectivity index is 2.78. The van der Waals surface area contributed by atoms with Gasteiger partial charge in [0.2, 0.25) is 0 Å². The van der Waals surface area contributed by atoms with E-state index in [1.165, 1.54) is 0 Å². The summed E-state index contributed by atoms with van der Waals surface area (Å²) in [7, 11) is -1.32. The summed E-state index contributed by atoms with van der Waals surface area (Å²) in [4.78, 5) is 0. The van der Waals surface area contributed by atoms with Crippen molar-refractivity contribution in [3.63, 3.8) is 0 Å². The van der Waals surface area contributed by atoms with E-state index in [4.69, 9.17) is 21.6 Å². The first-order valence-electron chi connectivity index (χ1n) is 3.29. The molecule has 58 valence electrons. The van der Waals surface area contributed by atoms with E-state index >= 15 is 0 Å². The molecule has 0 aromatic heterocycles. The lowest BCUT2D eigenvalue weighted by molar-refractivity contribution is 0.405. The Morgan fingerprint density at radius 2 is 1.91 bits per heavy atom. The zero-order valence-electron chi connectivity index (χ0n) is 5.87. The molecule has 0 radical (unpaired) electrons. The van der Waals surface area contributed by atoms with E-state index in [1.54, 1.807) is 18.2 Å². The third-order valence-corrected chi connectivity index (χ3v) is 1.73. The van der Waals surface area contributed by atoms with E-state index < -0.39 is 7.12 Å².